The molecule has 1 fully saturated rings. The van der Waals surface area contributed by atoms with Crippen LogP contribution in [0.1, 0.15) is 102 Å². The van der Waals surface area contributed by atoms with Crippen LogP contribution in [0.3, 0.4) is 0 Å². The number of rotatable bonds is 26. The fourth-order valence-electron chi connectivity index (χ4n) is 8.93. The maximum atomic E-state index is 14.4. The lowest BCUT2D eigenvalue weighted by Crippen LogP contribution is -2.57. The molecule has 17 nitrogen and oxygen atoms in total. The monoisotopic (exact) mass is 931 g/mol. The molecule has 0 saturated carbocycles. The average Bonchev–Trinajstić information content (AvgIpc) is 3.92. The van der Waals surface area contributed by atoms with Crippen LogP contribution in [0.4, 0.5) is 5.69 Å². The number of likely N-dealkylation sites (N-methyl/N-ethyl adjacent to an activating group) is 1. The molecule has 4 N–H and O–H groups in total. The van der Waals surface area contributed by atoms with Crippen molar-refractivity contribution < 1.29 is 52.9 Å². The van der Waals surface area contributed by atoms with Crippen LogP contribution in [0.5, 0.6) is 0 Å². The molecule has 2 aliphatic heterocycles. The first kappa shape index (κ1) is 53.7. The number of unbranched alkanes of at least 4 members (excludes halogenated alkanes) is 2. The average molecular weight is 931 g/mol. The quantitative estimate of drug-likeness (QED) is 0.0755. The van der Waals surface area contributed by atoms with E-state index in [2.05, 4.69) is 16.0 Å². The molecule has 0 aliphatic carbocycles. The lowest BCUT2D eigenvalue weighted by Gasteiger charge is -2.40. The van der Waals surface area contributed by atoms with Crippen molar-refractivity contribution in [1.29, 1.82) is 0 Å². The van der Waals surface area contributed by atoms with Gasteiger partial charge >= 0.3 is 5.97 Å². The van der Waals surface area contributed by atoms with E-state index in [0.29, 0.717) is 57.3 Å². The number of imide groups is 1. The number of benzene rings is 2. The zero-order chi connectivity index (χ0) is 49.4. The van der Waals surface area contributed by atoms with Crippen molar-refractivity contribution in [2.24, 2.45) is 17.8 Å². The van der Waals surface area contributed by atoms with E-state index in [1.807, 2.05) is 33.8 Å². The predicted molar refractivity (Wildman–Crippen MR) is 251 cm³/mol. The van der Waals surface area contributed by atoms with Gasteiger partial charge in [0.25, 0.3) is 17.7 Å². The van der Waals surface area contributed by atoms with E-state index in [1.54, 1.807) is 72.3 Å². The second-order valence-corrected chi connectivity index (χ2v) is 18.0. The van der Waals surface area contributed by atoms with E-state index in [-0.39, 0.29) is 66.2 Å². The lowest BCUT2D eigenvalue weighted by molar-refractivity contribution is -0.147. The van der Waals surface area contributed by atoms with Crippen molar-refractivity contribution in [2.75, 3.05) is 39.7 Å². The Labute approximate surface area is 394 Å². The highest BCUT2D eigenvalue weighted by Crippen LogP contribution is 2.30. The lowest BCUT2D eigenvalue weighted by atomic mass is 9.89. The molecule has 4 rings (SSSR count). The Bertz CT molecular complexity index is 2040. The van der Waals surface area contributed by atoms with E-state index >= 15 is 0 Å². The number of likely N-dealkylation sites (tertiary alicyclic amines) is 1. The molecule has 0 spiro atoms. The number of ether oxygens (including phenoxy) is 2. The van der Waals surface area contributed by atoms with E-state index in [9.17, 15) is 43.5 Å². The molecule has 366 valence electrons. The third kappa shape index (κ3) is 14.8. The molecule has 1 saturated heterocycles. The van der Waals surface area contributed by atoms with Crippen LogP contribution in [0, 0.1) is 17.8 Å². The Morgan fingerprint density at radius 1 is 0.866 bits per heavy atom. The number of carboxylic acid groups (broad SMARTS) is 1. The fourth-order valence-corrected chi connectivity index (χ4v) is 8.93. The number of hydrogen-bond acceptors (Lipinski definition) is 10. The summed E-state index contributed by atoms with van der Waals surface area (Å²) < 4.78 is 11.9. The molecule has 2 aromatic carbocycles. The third-order valence-electron chi connectivity index (χ3n) is 13.0. The summed E-state index contributed by atoms with van der Waals surface area (Å²) in [7, 11) is 4.63. The largest absolute Gasteiger partial charge is 0.480 e. The normalized spacial score (nSPS) is 17.9. The number of carbonyl (C=O) groups excluding carboxylic acids is 7. The molecule has 67 heavy (non-hydrogen) atoms. The SMILES string of the molecule is CC[C@H](C)[C@@H]([C@@H](CC(=O)N1CCC[C@H]1[C@H](OC)[C@@H](C)C(=O)N[C@@H](Cc1ccccc1)C(=O)O)OC)N(C)C(=O)[C@@H](NC(=O)c1ccc(NC(=O)CCCCCN2C(=O)C=CC2=O)cc1)C(C)C. The van der Waals surface area contributed by atoms with Gasteiger partial charge in [0.15, 0.2) is 0 Å². The van der Waals surface area contributed by atoms with Gasteiger partial charge < -0.3 is 40.3 Å². The summed E-state index contributed by atoms with van der Waals surface area (Å²) in [6.07, 6.45) is 5.02. The predicted octanol–water partition coefficient (Wildman–Crippen LogP) is 4.60. The van der Waals surface area contributed by atoms with E-state index < -0.39 is 60.1 Å². The van der Waals surface area contributed by atoms with Crippen molar-refractivity contribution >= 4 is 53.0 Å². The van der Waals surface area contributed by atoms with Gasteiger partial charge in [-0.3, -0.25) is 38.5 Å². The highest BCUT2D eigenvalue weighted by Gasteiger charge is 2.43. The highest BCUT2D eigenvalue weighted by atomic mass is 16.5. The van der Waals surface area contributed by atoms with Crippen LogP contribution in [-0.2, 0) is 49.5 Å². The zero-order valence-electron chi connectivity index (χ0n) is 40.2. The second-order valence-electron chi connectivity index (χ2n) is 18.0. The molecule has 2 aromatic rings. The van der Waals surface area contributed by atoms with Crippen LogP contribution in [0.2, 0.25) is 0 Å². The Balaban J connectivity index is 1.36. The van der Waals surface area contributed by atoms with Gasteiger partial charge in [0.05, 0.1) is 36.6 Å². The molecular weight excluding hydrogens is 861 g/mol. The smallest absolute Gasteiger partial charge is 0.326 e. The first-order chi connectivity index (χ1) is 31.9. The van der Waals surface area contributed by atoms with Gasteiger partial charge in [-0.25, -0.2) is 4.79 Å². The van der Waals surface area contributed by atoms with Crippen LogP contribution in [0.15, 0.2) is 66.7 Å². The first-order valence-corrected chi connectivity index (χ1v) is 23.3. The fraction of sp³-hybridized carbons (Fsp3) is 0.560. The summed E-state index contributed by atoms with van der Waals surface area (Å²) >= 11 is 0. The van der Waals surface area contributed by atoms with Gasteiger partial charge in [0.1, 0.15) is 12.1 Å². The minimum Gasteiger partial charge on any atom is -0.480 e. The van der Waals surface area contributed by atoms with Crippen LogP contribution < -0.4 is 16.0 Å². The molecule has 0 bridgehead atoms. The van der Waals surface area contributed by atoms with Gasteiger partial charge in [-0.2, -0.15) is 0 Å². The number of hydrogen-bond donors (Lipinski definition) is 4. The van der Waals surface area contributed by atoms with Crippen molar-refractivity contribution in [3.05, 3.63) is 77.9 Å². The zero-order valence-corrected chi connectivity index (χ0v) is 40.2. The molecule has 7 amide bonds. The minimum atomic E-state index is -1.16. The molecule has 17 heteroatoms. The van der Waals surface area contributed by atoms with Crippen LogP contribution in [0.25, 0.3) is 0 Å². The summed E-state index contributed by atoms with van der Waals surface area (Å²) in [4.78, 5) is 108. The summed E-state index contributed by atoms with van der Waals surface area (Å²) in [6, 6.07) is 12.3. The Morgan fingerprint density at radius 3 is 2.10 bits per heavy atom. The van der Waals surface area contributed by atoms with Gasteiger partial charge in [0, 0.05) is 70.6 Å². The standard InChI is InChI=1S/C50H70N6O11/c1-9-32(4)45(39(66-7)30-43(60)55-28-16-19-38(55)46(67-8)33(5)47(61)52-37(50(64)65)29-34-17-12-10-13-18-34)54(6)49(63)44(31(2)3)53-48(62)35-21-23-36(24-22-35)51-40(57)20-14-11-15-27-56-41(58)25-26-42(56)59/h10,12-13,17-18,21-26,31-33,37-39,44-46H,9,11,14-16,19-20,27-30H2,1-8H3,(H,51,57)(H,52,61)(H,53,62)(H,64,65)/t32-,33+,37-,38-,39+,44-,45-,46+/m0/s1. The second kappa shape index (κ2) is 25.8. The molecule has 0 unspecified atom stereocenters. The topological polar surface area (TPSA) is 221 Å². The maximum absolute atomic E-state index is 14.4. The Morgan fingerprint density at radius 2 is 1.52 bits per heavy atom. The van der Waals surface area contributed by atoms with E-state index in [4.69, 9.17) is 9.47 Å². The number of methoxy groups -OCH3 is 2. The van der Waals surface area contributed by atoms with E-state index in [1.165, 1.54) is 31.3 Å². The number of aliphatic carboxylic acids is 1. The summed E-state index contributed by atoms with van der Waals surface area (Å²) in [5.74, 6) is -4.82. The van der Waals surface area contributed by atoms with Gasteiger partial charge in [-0.1, -0.05) is 77.8 Å². The first-order valence-electron chi connectivity index (χ1n) is 23.3. The molecule has 2 aliphatic rings. The van der Waals surface area contributed by atoms with Crippen LogP contribution >= 0.6 is 0 Å². The van der Waals surface area contributed by atoms with Crippen molar-refractivity contribution in [1.82, 2.24) is 25.3 Å². The number of nitrogens with one attached hydrogen (secondary N) is 3. The molecule has 0 radical (unpaired) electrons. The molecule has 2 heterocycles. The summed E-state index contributed by atoms with van der Waals surface area (Å²) in [5, 5.41) is 18.3. The van der Waals surface area contributed by atoms with E-state index in [0.717, 1.165) is 5.56 Å². The number of nitrogens with zero attached hydrogens (tertiary/aromatic N) is 3. The van der Waals surface area contributed by atoms with Gasteiger partial charge in [-0.05, 0) is 67.3 Å². The maximum Gasteiger partial charge on any atom is 0.326 e. The number of amides is 7. The number of carbonyl (C=O) groups is 8. The van der Waals surface area contributed by atoms with Crippen molar-refractivity contribution in [2.45, 2.75) is 129 Å². The van der Waals surface area contributed by atoms with Gasteiger partial charge in [0.2, 0.25) is 23.6 Å². The molecule has 8 atom stereocenters. The Hall–Kier alpha value is -5.94. The Kier molecular flexibility index (Phi) is 20.7. The molecule has 0 aromatic heterocycles. The summed E-state index contributed by atoms with van der Waals surface area (Å²) in [6.45, 7) is 10.0. The number of carboxylic acids is 1. The van der Waals surface area contributed by atoms with Crippen LogP contribution in [-0.4, -0.2) is 138 Å². The number of anilines is 1. The van der Waals surface area contributed by atoms with Gasteiger partial charge in [-0.15, -0.1) is 0 Å². The minimum absolute atomic E-state index is 0.0720. The highest BCUT2D eigenvalue weighted by molar-refractivity contribution is 6.12. The third-order valence-corrected chi connectivity index (χ3v) is 13.0. The summed E-state index contributed by atoms with van der Waals surface area (Å²) in [5.41, 5.74) is 1.54. The van der Waals surface area contributed by atoms with Crippen molar-refractivity contribution in [3.8, 4) is 0 Å². The van der Waals surface area contributed by atoms with Crippen molar-refractivity contribution in [3.63, 3.8) is 0 Å². The molecular formula is C50H70N6O11.